The highest BCUT2D eigenvalue weighted by atomic mass is 16.2. The number of carbonyl (C=O) groups is 1. The van der Waals surface area contributed by atoms with Crippen molar-refractivity contribution in [2.45, 2.75) is 58.9 Å². The summed E-state index contributed by atoms with van der Waals surface area (Å²) < 4.78 is 0. The highest BCUT2D eigenvalue weighted by Gasteiger charge is 2.48. The van der Waals surface area contributed by atoms with E-state index >= 15 is 0 Å². The molecule has 0 aromatic carbocycles. The monoisotopic (exact) mass is 252 g/mol. The fourth-order valence-corrected chi connectivity index (χ4v) is 3.83. The first-order valence-corrected chi connectivity index (χ1v) is 7.49. The zero-order valence-corrected chi connectivity index (χ0v) is 12.0. The van der Waals surface area contributed by atoms with Crippen molar-refractivity contribution in [1.29, 1.82) is 0 Å². The van der Waals surface area contributed by atoms with Gasteiger partial charge in [-0.3, -0.25) is 4.79 Å². The van der Waals surface area contributed by atoms with Crippen LogP contribution < -0.4 is 11.1 Å². The average Bonchev–Trinajstić information content (AvgIpc) is 2.30. The van der Waals surface area contributed by atoms with Crippen molar-refractivity contribution in [2.24, 2.45) is 28.9 Å². The number of rotatable bonds is 3. The molecule has 3 N–H and O–H groups in total. The predicted octanol–water partition coefficient (Wildman–Crippen LogP) is 2.30. The van der Waals surface area contributed by atoms with Gasteiger partial charge >= 0.3 is 0 Å². The van der Waals surface area contributed by atoms with Gasteiger partial charge in [0.15, 0.2) is 0 Å². The molecular weight excluding hydrogens is 224 g/mol. The molecular formula is C15H28N2O. The van der Waals surface area contributed by atoms with Crippen LogP contribution in [0.3, 0.4) is 0 Å². The van der Waals surface area contributed by atoms with Gasteiger partial charge in [-0.1, -0.05) is 33.6 Å². The summed E-state index contributed by atoms with van der Waals surface area (Å²) in [5, 5.41) is 3.29. The SMILES string of the molecule is CC1CC(CN)(C(=O)NC2CCCC(C)C2C)C1. The molecule has 3 nitrogen and oxygen atoms in total. The van der Waals surface area contributed by atoms with Gasteiger partial charge in [0.25, 0.3) is 0 Å². The lowest BCUT2D eigenvalue weighted by Crippen LogP contribution is -2.57. The van der Waals surface area contributed by atoms with Gasteiger partial charge in [0.1, 0.15) is 0 Å². The normalized spacial score (nSPS) is 44.2. The van der Waals surface area contributed by atoms with Gasteiger partial charge in [-0.05, 0) is 37.0 Å². The first-order chi connectivity index (χ1) is 8.48. The van der Waals surface area contributed by atoms with Crippen molar-refractivity contribution in [1.82, 2.24) is 5.32 Å². The quantitative estimate of drug-likeness (QED) is 0.810. The highest BCUT2D eigenvalue weighted by molar-refractivity contribution is 5.84. The number of amides is 1. The van der Waals surface area contributed by atoms with E-state index in [1.54, 1.807) is 0 Å². The Hall–Kier alpha value is -0.570. The number of carbonyl (C=O) groups excluding carboxylic acids is 1. The molecule has 3 unspecified atom stereocenters. The van der Waals surface area contributed by atoms with Crippen LogP contribution in [0.15, 0.2) is 0 Å². The Morgan fingerprint density at radius 1 is 1.28 bits per heavy atom. The Labute approximate surface area is 111 Å². The molecule has 2 rings (SSSR count). The van der Waals surface area contributed by atoms with Crippen LogP contribution in [0.2, 0.25) is 0 Å². The van der Waals surface area contributed by atoms with E-state index in [0.717, 1.165) is 25.2 Å². The molecule has 0 aromatic heterocycles. The largest absolute Gasteiger partial charge is 0.353 e. The van der Waals surface area contributed by atoms with Crippen molar-refractivity contribution in [3.8, 4) is 0 Å². The summed E-state index contributed by atoms with van der Waals surface area (Å²) in [5.41, 5.74) is 5.59. The summed E-state index contributed by atoms with van der Waals surface area (Å²) in [6.45, 7) is 7.27. The Balaban J connectivity index is 1.94. The molecule has 18 heavy (non-hydrogen) atoms. The second kappa shape index (κ2) is 5.20. The van der Waals surface area contributed by atoms with E-state index < -0.39 is 0 Å². The van der Waals surface area contributed by atoms with E-state index in [2.05, 4.69) is 26.1 Å². The highest BCUT2D eigenvalue weighted by Crippen LogP contribution is 2.45. The molecule has 104 valence electrons. The summed E-state index contributed by atoms with van der Waals surface area (Å²) in [4.78, 5) is 12.5. The maximum Gasteiger partial charge on any atom is 0.227 e. The minimum Gasteiger partial charge on any atom is -0.353 e. The number of nitrogens with two attached hydrogens (primary N) is 1. The molecule has 3 heteroatoms. The summed E-state index contributed by atoms with van der Waals surface area (Å²) in [6.07, 6.45) is 5.60. The van der Waals surface area contributed by atoms with Crippen molar-refractivity contribution in [2.75, 3.05) is 6.54 Å². The zero-order chi connectivity index (χ0) is 13.3. The van der Waals surface area contributed by atoms with E-state index in [4.69, 9.17) is 5.73 Å². The smallest absolute Gasteiger partial charge is 0.227 e. The van der Waals surface area contributed by atoms with E-state index in [-0.39, 0.29) is 11.3 Å². The first kappa shape index (κ1) is 13.9. The molecule has 0 spiro atoms. The van der Waals surface area contributed by atoms with Crippen molar-refractivity contribution in [3.05, 3.63) is 0 Å². The standard InChI is InChI=1S/C15H28N2O/c1-10-7-15(8-10,9-16)14(18)17-13-6-4-5-11(2)12(13)3/h10-13H,4-9,16H2,1-3H3,(H,17,18). The van der Waals surface area contributed by atoms with Gasteiger partial charge in [0, 0.05) is 12.6 Å². The van der Waals surface area contributed by atoms with Crippen molar-refractivity contribution < 1.29 is 4.79 Å². The van der Waals surface area contributed by atoms with Crippen molar-refractivity contribution >= 4 is 5.91 Å². The van der Waals surface area contributed by atoms with Gasteiger partial charge in [0.2, 0.25) is 5.91 Å². The third-order valence-electron chi connectivity index (χ3n) is 5.37. The van der Waals surface area contributed by atoms with Crippen LogP contribution in [0.4, 0.5) is 0 Å². The Kier molecular flexibility index (Phi) is 4.00. The maximum absolute atomic E-state index is 12.5. The van der Waals surface area contributed by atoms with Crippen molar-refractivity contribution in [3.63, 3.8) is 0 Å². The minimum atomic E-state index is -0.250. The van der Waals surface area contributed by atoms with Crippen LogP contribution in [0, 0.1) is 23.2 Å². The van der Waals surface area contributed by atoms with Gasteiger partial charge in [-0.25, -0.2) is 0 Å². The van der Waals surface area contributed by atoms with E-state index in [1.807, 2.05) is 0 Å². The second-order valence-electron chi connectivity index (χ2n) is 6.85. The average molecular weight is 252 g/mol. The third kappa shape index (κ3) is 2.42. The molecule has 0 radical (unpaired) electrons. The molecule has 0 bridgehead atoms. The van der Waals surface area contributed by atoms with E-state index in [1.165, 1.54) is 12.8 Å². The summed E-state index contributed by atoms with van der Waals surface area (Å²) in [6, 6.07) is 0.362. The minimum absolute atomic E-state index is 0.217. The Morgan fingerprint density at radius 3 is 2.50 bits per heavy atom. The third-order valence-corrected chi connectivity index (χ3v) is 5.37. The molecule has 2 fully saturated rings. The van der Waals surface area contributed by atoms with Crippen LogP contribution in [0.5, 0.6) is 0 Å². The molecule has 0 saturated heterocycles. The van der Waals surface area contributed by atoms with Gasteiger partial charge in [-0.15, -0.1) is 0 Å². The van der Waals surface area contributed by atoms with Gasteiger partial charge in [-0.2, -0.15) is 0 Å². The molecule has 0 aromatic rings. The summed E-state index contributed by atoms with van der Waals surface area (Å²) in [7, 11) is 0. The number of hydrogen-bond donors (Lipinski definition) is 2. The molecule has 2 aliphatic rings. The molecule has 0 heterocycles. The molecule has 3 atom stereocenters. The van der Waals surface area contributed by atoms with Crippen LogP contribution in [-0.2, 0) is 4.79 Å². The van der Waals surface area contributed by atoms with Crippen LogP contribution >= 0.6 is 0 Å². The molecule has 2 aliphatic carbocycles. The Morgan fingerprint density at radius 2 is 1.94 bits per heavy atom. The molecule has 0 aliphatic heterocycles. The fourth-order valence-electron chi connectivity index (χ4n) is 3.83. The fraction of sp³-hybridized carbons (Fsp3) is 0.933. The second-order valence-corrected chi connectivity index (χ2v) is 6.85. The zero-order valence-electron chi connectivity index (χ0n) is 12.0. The lowest BCUT2D eigenvalue weighted by Gasteiger charge is -2.46. The van der Waals surface area contributed by atoms with Gasteiger partial charge < -0.3 is 11.1 Å². The topological polar surface area (TPSA) is 55.1 Å². The lowest BCUT2D eigenvalue weighted by molar-refractivity contribution is -0.139. The van der Waals surface area contributed by atoms with Crippen LogP contribution in [-0.4, -0.2) is 18.5 Å². The number of hydrogen-bond acceptors (Lipinski definition) is 2. The molecule has 2 saturated carbocycles. The van der Waals surface area contributed by atoms with Crippen LogP contribution in [0.25, 0.3) is 0 Å². The summed E-state index contributed by atoms with van der Waals surface area (Å²) in [5.74, 6) is 2.18. The van der Waals surface area contributed by atoms with Crippen LogP contribution in [0.1, 0.15) is 52.9 Å². The Bertz CT molecular complexity index is 310. The molecule has 1 amide bonds. The predicted molar refractivity (Wildman–Crippen MR) is 74.0 cm³/mol. The maximum atomic E-state index is 12.5. The van der Waals surface area contributed by atoms with Gasteiger partial charge in [0.05, 0.1) is 5.41 Å². The van der Waals surface area contributed by atoms with E-state index in [9.17, 15) is 4.79 Å². The number of nitrogens with one attached hydrogen (secondary N) is 1. The van der Waals surface area contributed by atoms with E-state index in [0.29, 0.717) is 24.4 Å². The first-order valence-electron chi connectivity index (χ1n) is 7.49. The lowest BCUT2D eigenvalue weighted by atomic mass is 9.62. The summed E-state index contributed by atoms with van der Waals surface area (Å²) >= 11 is 0.